The Hall–Kier alpha value is -1.94. The zero-order chi connectivity index (χ0) is 17.3. The van der Waals surface area contributed by atoms with E-state index in [1.54, 1.807) is 17.6 Å². The molecule has 1 aromatic heterocycles. The van der Waals surface area contributed by atoms with E-state index in [9.17, 15) is 4.79 Å². The van der Waals surface area contributed by atoms with E-state index >= 15 is 0 Å². The normalized spacial score (nSPS) is 20.3. The molecule has 1 saturated carbocycles. The van der Waals surface area contributed by atoms with Crippen molar-refractivity contribution in [1.29, 1.82) is 0 Å². The number of amides is 1. The van der Waals surface area contributed by atoms with Crippen molar-refractivity contribution in [2.45, 2.75) is 45.4 Å². The van der Waals surface area contributed by atoms with Crippen LogP contribution in [-0.2, 0) is 10.2 Å². The van der Waals surface area contributed by atoms with Gasteiger partial charge in [0, 0.05) is 10.8 Å². The molecule has 1 amide bonds. The molecule has 0 radical (unpaired) electrons. The average Bonchev–Trinajstić information content (AvgIpc) is 3.24. The fourth-order valence-corrected chi connectivity index (χ4v) is 3.62. The van der Waals surface area contributed by atoms with Crippen LogP contribution in [0.2, 0.25) is 0 Å². The third-order valence-electron chi connectivity index (χ3n) is 4.59. The summed E-state index contributed by atoms with van der Waals surface area (Å²) in [7, 11) is 0. The lowest BCUT2D eigenvalue weighted by atomic mass is 9.86. The van der Waals surface area contributed by atoms with Crippen LogP contribution in [-0.4, -0.2) is 12.1 Å². The Labute approximate surface area is 147 Å². The van der Waals surface area contributed by atoms with Gasteiger partial charge in [-0.2, -0.15) is 5.10 Å². The minimum atomic E-state index is 0.0188. The highest BCUT2D eigenvalue weighted by Crippen LogP contribution is 2.47. The highest BCUT2D eigenvalue weighted by atomic mass is 32.1. The van der Waals surface area contributed by atoms with Crippen molar-refractivity contribution in [1.82, 2.24) is 5.43 Å². The summed E-state index contributed by atoms with van der Waals surface area (Å²) in [6, 6.07) is 10.7. The molecular formula is C20H24N2OS. The maximum absolute atomic E-state index is 12.2. The Balaban J connectivity index is 1.56. The fourth-order valence-electron chi connectivity index (χ4n) is 2.84. The molecule has 1 fully saturated rings. The number of hydrazone groups is 1. The number of aryl methyl sites for hydroxylation is 1. The third-order valence-corrected chi connectivity index (χ3v) is 5.54. The van der Waals surface area contributed by atoms with Crippen LogP contribution in [0.25, 0.3) is 0 Å². The van der Waals surface area contributed by atoms with Crippen molar-refractivity contribution in [2.75, 3.05) is 0 Å². The molecule has 0 saturated heterocycles. The van der Waals surface area contributed by atoms with Crippen molar-refractivity contribution in [3.63, 3.8) is 0 Å². The Kier molecular flexibility index (Phi) is 4.59. The van der Waals surface area contributed by atoms with E-state index in [0.717, 1.165) is 11.3 Å². The number of hydrogen-bond acceptors (Lipinski definition) is 3. The van der Waals surface area contributed by atoms with Crippen LogP contribution < -0.4 is 5.43 Å². The summed E-state index contributed by atoms with van der Waals surface area (Å²) in [6.45, 7) is 8.67. The summed E-state index contributed by atoms with van der Waals surface area (Å²) in [6.07, 6.45) is 2.64. The highest BCUT2D eigenvalue weighted by Gasteiger charge is 2.43. The molecule has 0 unspecified atom stereocenters. The van der Waals surface area contributed by atoms with Gasteiger partial charge in [0.25, 0.3) is 0 Å². The number of hydrogen-bond donors (Lipinski definition) is 1. The first-order chi connectivity index (χ1) is 11.4. The summed E-state index contributed by atoms with van der Waals surface area (Å²) in [5, 5.41) is 6.12. The summed E-state index contributed by atoms with van der Waals surface area (Å²) >= 11 is 1.63. The molecule has 1 aliphatic rings. The van der Waals surface area contributed by atoms with Crippen LogP contribution in [0.3, 0.4) is 0 Å². The first-order valence-corrected chi connectivity index (χ1v) is 9.21. The van der Waals surface area contributed by atoms with E-state index in [4.69, 9.17) is 0 Å². The lowest BCUT2D eigenvalue weighted by Gasteiger charge is -2.19. The van der Waals surface area contributed by atoms with Crippen molar-refractivity contribution in [3.05, 3.63) is 57.3 Å². The van der Waals surface area contributed by atoms with E-state index in [2.05, 4.69) is 55.6 Å². The molecule has 24 heavy (non-hydrogen) atoms. The molecule has 2 atom stereocenters. The van der Waals surface area contributed by atoms with Crippen LogP contribution >= 0.6 is 11.3 Å². The Morgan fingerprint density at radius 3 is 2.54 bits per heavy atom. The van der Waals surface area contributed by atoms with Crippen LogP contribution in [0.1, 0.15) is 54.7 Å². The van der Waals surface area contributed by atoms with Crippen molar-refractivity contribution in [2.24, 2.45) is 11.0 Å². The van der Waals surface area contributed by atoms with Gasteiger partial charge in [0.15, 0.2) is 0 Å². The lowest BCUT2D eigenvalue weighted by molar-refractivity contribution is -0.122. The zero-order valence-corrected chi connectivity index (χ0v) is 15.5. The third kappa shape index (κ3) is 3.75. The molecule has 0 bridgehead atoms. The number of nitrogens with zero attached hydrogens (tertiary/aromatic N) is 1. The second-order valence-corrected chi connectivity index (χ2v) is 8.47. The maximum Gasteiger partial charge on any atom is 0.243 e. The fraction of sp³-hybridized carbons (Fsp3) is 0.400. The van der Waals surface area contributed by atoms with Gasteiger partial charge in [0.2, 0.25) is 5.91 Å². The molecule has 2 aromatic rings. The smallest absolute Gasteiger partial charge is 0.243 e. The topological polar surface area (TPSA) is 41.5 Å². The van der Waals surface area contributed by atoms with Crippen LogP contribution in [0, 0.1) is 12.8 Å². The first kappa shape index (κ1) is 16.9. The quantitative estimate of drug-likeness (QED) is 0.641. The number of thiophene rings is 1. The lowest BCUT2D eigenvalue weighted by Crippen LogP contribution is -2.20. The largest absolute Gasteiger partial charge is 0.273 e. The summed E-state index contributed by atoms with van der Waals surface area (Å²) in [5.74, 6) is 0.398. The minimum absolute atomic E-state index is 0.0188. The molecule has 1 heterocycles. The van der Waals surface area contributed by atoms with Gasteiger partial charge in [0.1, 0.15) is 0 Å². The van der Waals surface area contributed by atoms with E-state index in [1.165, 1.54) is 16.7 Å². The molecule has 126 valence electrons. The van der Waals surface area contributed by atoms with Gasteiger partial charge in [-0.1, -0.05) is 45.0 Å². The molecule has 0 spiro atoms. The monoisotopic (exact) mass is 340 g/mol. The molecule has 1 N–H and O–H groups in total. The average molecular weight is 340 g/mol. The molecule has 1 aliphatic carbocycles. The van der Waals surface area contributed by atoms with Gasteiger partial charge in [-0.3, -0.25) is 4.79 Å². The molecule has 0 aliphatic heterocycles. The van der Waals surface area contributed by atoms with E-state index in [1.807, 2.05) is 18.4 Å². The van der Waals surface area contributed by atoms with Gasteiger partial charge >= 0.3 is 0 Å². The predicted octanol–water partition coefficient (Wildman–Crippen LogP) is 4.61. The van der Waals surface area contributed by atoms with Gasteiger partial charge in [-0.05, 0) is 52.8 Å². The Morgan fingerprint density at radius 1 is 1.25 bits per heavy atom. The first-order valence-electron chi connectivity index (χ1n) is 8.33. The minimum Gasteiger partial charge on any atom is -0.273 e. The maximum atomic E-state index is 12.2. The second-order valence-electron chi connectivity index (χ2n) is 7.52. The molecular weight excluding hydrogens is 316 g/mol. The van der Waals surface area contributed by atoms with Gasteiger partial charge in [-0.25, -0.2) is 5.43 Å². The van der Waals surface area contributed by atoms with Gasteiger partial charge in [-0.15, -0.1) is 11.3 Å². The SMILES string of the molecule is Cc1ccsc1/C=N\NC(=O)[C@@H]1C[C@H]1c1ccc(C(C)(C)C)cc1. The summed E-state index contributed by atoms with van der Waals surface area (Å²) in [4.78, 5) is 13.3. The van der Waals surface area contributed by atoms with Crippen LogP contribution in [0.5, 0.6) is 0 Å². The van der Waals surface area contributed by atoms with E-state index < -0.39 is 0 Å². The van der Waals surface area contributed by atoms with Gasteiger partial charge in [0.05, 0.1) is 6.21 Å². The number of carbonyl (C=O) groups is 1. The molecule has 4 heteroatoms. The van der Waals surface area contributed by atoms with E-state index in [-0.39, 0.29) is 17.2 Å². The summed E-state index contributed by atoms with van der Waals surface area (Å²) < 4.78 is 0. The molecule has 3 nitrogen and oxygen atoms in total. The Bertz CT molecular complexity index is 753. The standard InChI is InChI=1S/C20H24N2OS/c1-13-9-10-24-18(13)12-21-22-19(23)17-11-16(17)14-5-7-15(8-6-14)20(2,3)4/h5-10,12,16-17H,11H2,1-4H3,(H,22,23)/b21-12-/t16-,17+/m0/s1. The van der Waals surface area contributed by atoms with Crippen molar-refractivity contribution < 1.29 is 4.79 Å². The number of rotatable bonds is 4. The van der Waals surface area contributed by atoms with Crippen molar-refractivity contribution >= 4 is 23.5 Å². The molecule has 1 aromatic carbocycles. The highest BCUT2D eigenvalue weighted by molar-refractivity contribution is 7.11. The number of nitrogens with one attached hydrogen (secondary N) is 1. The van der Waals surface area contributed by atoms with Crippen molar-refractivity contribution in [3.8, 4) is 0 Å². The predicted molar refractivity (Wildman–Crippen MR) is 101 cm³/mol. The second kappa shape index (κ2) is 6.52. The van der Waals surface area contributed by atoms with Crippen LogP contribution in [0.4, 0.5) is 0 Å². The molecule has 3 rings (SSSR count). The Morgan fingerprint density at radius 2 is 1.96 bits per heavy atom. The van der Waals surface area contributed by atoms with E-state index in [0.29, 0.717) is 5.92 Å². The number of benzene rings is 1. The summed E-state index contributed by atoms with van der Waals surface area (Å²) in [5.41, 5.74) is 6.60. The van der Waals surface area contributed by atoms with Gasteiger partial charge < -0.3 is 0 Å². The zero-order valence-electron chi connectivity index (χ0n) is 14.7. The van der Waals surface area contributed by atoms with Crippen LogP contribution in [0.15, 0.2) is 40.8 Å². The number of carbonyl (C=O) groups excluding carboxylic acids is 1.